The zero-order chi connectivity index (χ0) is 39.4. The Kier molecular flexibility index (Phi) is 9.94. The lowest BCUT2D eigenvalue weighted by molar-refractivity contribution is 1.24. The normalized spacial score (nSPS) is 12.5. The van der Waals surface area contributed by atoms with E-state index in [9.17, 15) is 0 Å². The number of aliphatic imine (C=N–C) groups is 1. The van der Waals surface area contributed by atoms with Gasteiger partial charge in [0.05, 0.1) is 16.7 Å². The van der Waals surface area contributed by atoms with Crippen LogP contribution in [0.15, 0.2) is 218 Å². The number of nitrogens with two attached hydrogens (primary N) is 1. The van der Waals surface area contributed by atoms with Crippen LogP contribution in [0, 0.1) is 0 Å². The summed E-state index contributed by atoms with van der Waals surface area (Å²) < 4.78 is 2.26. The van der Waals surface area contributed by atoms with E-state index in [2.05, 4.69) is 163 Å². The average Bonchev–Trinajstić information content (AvgIpc) is 3.61. The number of allylic oxidation sites excluding steroid dienone is 6. The maximum atomic E-state index is 6.69. The first-order chi connectivity index (χ1) is 28.6. The molecule has 9 aromatic rings. The monoisotopic (exact) mass is 745 g/mol. The summed E-state index contributed by atoms with van der Waals surface area (Å²) >= 11 is 0. The number of hydrogen-bond acceptors (Lipinski definition) is 1. The van der Waals surface area contributed by atoms with E-state index >= 15 is 0 Å². The SMILES string of the molecule is C=C(/C=C\C=C/C)n1c2ccccc2c2cc(-c3ccc(-c4ccc(C(=C/Cc5ccccc5)/N=C(\N)c5ccccc5)c5ccccc45)c4ccccc34)ccc21. The Morgan fingerprint density at radius 2 is 1.14 bits per heavy atom. The van der Waals surface area contributed by atoms with E-state index < -0.39 is 0 Å². The van der Waals surface area contributed by atoms with E-state index in [0.29, 0.717) is 5.84 Å². The third-order valence-electron chi connectivity index (χ3n) is 11.0. The van der Waals surface area contributed by atoms with Crippen LogP contribution in [-0.2, 0) is 6.42 Å². The van der Waals surface area contributed by atoms with Crippen molar-refractivity contribution in [1.29, 1.82) is 0 Å². The van der Waals surface area contributed by atoms with Gasteiger partial charge in [-0.15, -0.1) is 0 Å². The molecule has 8 aromatic carbocycles. The fraction of sp³-hybridized carbons (Fsp3) is 0.0364. The number of rotatable bonds is 10. The summed E-state index contributed by atoms with van der Waals surface area (Å²) in [7, 11) is 0. The molecule has 278 valence electrons. The third-order valence-corrected chi connectivity index (χ3v) is 11.0. The Labute approximate surface area is 339 Å². The molecule has 0 fully saturated rings. The Morgan fingerprint density at radius 1 is 0.569 bits per heavy atom. The van der Waals surface area contributed by atoms with Crippen molar-refractivity contribution in [3.8, 4) is 22.3 Å². The second-order valence-corrected chi connectivity index (χ2v) is 14.5. The minimum Gasteiger partial charge on any atom is -0.383 e. The van der Waals surface area contributed by atoms with Gasteiger partial charge in [-0.1, -0.05) is 189 Å². The van der Waals surface area contributed by atoms with Gasteiger partial charge in [0, 0.05) is 27.6 Å². The zero-order valence-electron chi connectivity index (χ0n) is 32.5. The fourth-order valence-corrected chi connectivity index (χ4v) is 8.19. The molecule has 58 heavy (non-hydrogen) atoms. The molecule has 0 aliphatic heterocycles. The van der Waals surface area contributed by atoms with Crippen LogP contribution in [-0.4, -0.2) is 10.4 Å². The van der Waals surface area contributed by atoms with Crippen LogP contribution in [0.1, 0.15) is 23.6 Å². The van der Waals surface area contributed by atoms with Crippen molar-refractivity contribution in [3.63, 3.8) is 0 Å². The van der Waals surface area contributed by atoms with Crippen molar-refractivity contribution in [3.05, 3.63) is 230 Å². The molecule has 1 aromatic heterocycles. The Hall–Kier alpha value is -7.49. The van der Waals surface area contributed by atoms with Crippen molar-refractivity contribution >= 4 is 60.6 Å². The molecule has 0 amide bonds. The van der Waals surface area contributed by atoms with E-state index in [1.54, 1.807) is 0 Å². The number of benzene rings is 8. The second-order valence-electron chi connectivity index (χ2n) is 14.5. The van der Waals surface area contributed by atoms with Gasteiger partial charge in [0.1, 0.15) is 5.84 Å². The first kappa shape index (κ1) is 36.2. The van der Waals surface area contributed by atoms with Crippen LogP contribution in [0.2, 0.25) is 0 Å². The minimum atomic E-state index is 0.489. The lowest BCUT2D eigenvalue weighted by atomic mass is 9.88. The second kappa shape index (κ2) is 15.9. The quantitative estimate of drug-likeness (QED) is 0.0845. The summed E-state index contributed by atoms with van der Waals surface area (Å²) in [6.45, 7) is 6.46. The summed E-state index contributed by atoms with van der Waals surface area (Å²) in [5, 5.41) is 7.11. The molecule has 0 bridgehead atoms. The lowest BCUT2D eigenvalue weighted by Crippen LogP contribution is -2.13. The third kappa shape index (κ3) is 6.84. The molecule has 0 spiro atoms. The standard InChI is InChI=1S/C55H43N3/c1-3-4-7-18-38(2)58-53-28-17-16-27-50(53)51-37-41(30-36-54(51)58)42-31-32-47(44-24-13-12-23-43(42)44)48-33-34-49(46-26-15-14-25-45(46)48)52(35-29-39-19-8-5-9-20-39)57-55(56)40-21-10-6-11-22-40/h3-28,30-37H,2,29H2,1H3,(H2,56,57)/b4-3-,18-7-,52-35-. The molecule has 0 unspecified atom stereocenters. The number of amidine groups is 1. The maximum Gasteiger partial charge on any atom is 0.131 e. The van der Waals surface area contributed by atoms with Crippen molar-refractivity contribution in [2.24, 2.45) is 10.7 Å². The summed E-state index contributed by atoms with van der Waals surface area (Å²) in [6, 6.07) is 62.4. The van der Waals surface area contributed by atoms with Crippen molar-refractivity contribution in [2.75, 3.05) is 0 Å². The van der Waals surface area contributed by atoms with Gasteiger partial charge >= 0.3 is 0 Å². The van der Waals surface area contributed by atoms with E-state index in [-0.39, 0.29) is 0 Å². The summed E-state index contributed by atoms with van der Waals surface area (Å²) in [6.07, 6.45) is 11.1. The van der Waals surface area contributed by atoms with Crippen LogP contribution >= 0.6 is 0 Å². The van der Waals surface area contributed by atoms with E-state index in [1.807, 2.05) is 61.5 Å². The summed E-state index contributed by atoms with van der Waals surface area (Å²) in [5.74, 6) is 0.489. The highest BCUT2D eigenvalue weighted by atomic mass is 15.0. The molecule has 0 aliphatic rings. The predicted molar refractivity (Wildman–Crippen MR) is 250 cm³/mol. The van der Waals surface area contributed by atoms with Gasteiger partial charge in [-0.25, -0.2) is 4.99 Å². The van der Waals surface area contributed by atoms with Crippen LogP contribution in [0.3, 0.4) is 0 Å². The number of aromatic nitrogens is 1. The molecule has 9 rings (SSSR count). The van der Waals surface area contributed by atoms with Gasteiger partial charge in [-0.05, 0) is 87.0 Å². The average molecular weight is 746 g/mol. The lowest BCUT2D eigenvalue weighted by Gasteiger charge is -2.16. The molecule has 0 radical (unpaired) electrons. The summed E-state index contributed by atoms with van der Waals surface area (Å²) in [5.41, 5.74) is 18.6. The molecule has 0 saturated carbocycles. The van der Waals surface area contributed by atoms with Gasteiger partial charge < -0.3 is 10.3 Å². The fourth-order valence-electron chi connectivity index (χ4n) is 8.19. The summed E-state index contributed by atoms with van der Waals surface area (Å²) in [4.78, 5) is 5.09. The number of hydrogen-bond donors (Lipinski definition) is 1. The van der Waals surface area contributed by atoms with Crippen LogP contribution in [0.5, 0.6) is 0 Å². The van der Waals surface area contributed by atoms with Crippen molar-refractivity contribution in [2.45, 2.75) is 13.3 Å². The Balaban J connectivity index is 1.17. The van der Waals surface area contributed by atoms with Gasteiger partial charge in [-0.3, -0.25) is 0 Å². The van der Waals surface area contributed by atoms with Gasteiger partial charge in [-0.2, -0.15) is 0 Å². The molecule has 0 atom stereocenters. The first-order valence-electron chi connectivity index (χ1n) is 19.8. The molecule has 3 nitrogen and oxygen atoms in total. The minimum absolute atomic E-state index is 0.489. The highest BCUT2D eigenvalue weighted by Gasteiger charge is 2.17. The molecule has 3 heteroatoms. The van der Waals surface area contributed by atoms with E-state index in [0.717, 1.165) is 50.7 Å². The maximum absolute atomic E-state index is 6.69. The van der Waals surface area contributed by atoms with Gasteiger partial charge in [0.15, 0.2) is 0 Å². The molecule has 2 N–H and O–H groups in total. The predicted octanol–water partition coefficient (Wildman–Crippen LogP) is 14.0. The highest BCUT2D eigenvalue weighted by molar-refractivity contribution is 6.15. The zero-order valence-corrected chi connectivity index (χ0v) is 32.5. The van der Waals surface area contributed by atoms with E-state index in [1.165, 1.54) is 49.4 Å². The number of nitrogens with zero attached hydrogens (tertiary/aromatic N) is 2. The Morgan fingerprint density at radius 3 is 1.86 bits per heavy atom. The Bertz CT molecular complexity index is 3100. The molecule has 0 saturated heterocycles. The van der Waals surface area contributed by atoms with Crippen LogP contribution < -0.4 is 5.73 Å². The topological polar surface area (TPSA) is 43.3 Å². The van der Waals surface area contributed by atoms with Gasteiger partial charge in [0.2, 0.25) is 0 Å². The molecular weight excluding hydrogens is 703 g/mol. The van der Waals surface area contributed by atoms with Crippen molar-refractivity contribution < 1.29 is 0 Å². The largest absolute Gasteiger partial charge is 0.383 e. The van der Waals surface area contributed by atoms with Crippen LogP contribution in [0.4, 0.5) is 0 Å². The number of para-hydroxylation sites is 1. The number of fused-ring (bicyclic) bond motifs is 5. The van der Waals surface area contributed by atoms with Crippen LogP contribution in [0.25, 0.3) is 77.0 Å². The molecule has 0 aliphatic carbocycles. The highest BCUT2D eigenvalue weighted by Crippen LogP contribution is 2.42. The van der Waals surface area contributed by atoms with Crippen molar-refractivity contribution in [1.82, 2.24) is 4.57 Å². The smallest absolute Gasteiger partial charge is 0.131 e. The first-order valence-corrected chi connectivity index (χ1v) is 19.8. The molecule has 1 heterocycles. The molecular formula is C55H43N3. The van der Waals surface area contributed by atoms with E-state index in [4.69, 9.17) is 10.7 Å². The van der Waals surface area contributed by atoms with Gasteiger partial charge in [0.25, 0.3) is 0 Å².